The van der Waals surface area contributed by atoms with E-state index >= 15 is 0 Å². The van der Waals surface area contributed by atoms with Gasteiger partial charge in [-0.2, -0.15) is 13.2 Å². The van der Waals surface area contributed by atoms with Gasteiger partial charge in [-0.05, 0) is 65.9 Å². The Labute approximate surface area is 193 Å². The van der Waals surface area contributed by atoms with Crippen molar-refractivity contribution in [2.24, 2.45) is 0 Å². The summed E-state index contributed by atoms with van der Waals surface area (Å²) in [6.07, 6.45) is -2.00. The van der Waals surface area contributed by atoms with Crippen LogP contribution in [0.15, 0.2) is 36.0 Å². The number of rotatable bonds is 7. The fraction of sp³-hybridized carbons (Fsp3) is 0.304. The number of hydrogen-bond donors (Lipinski definition) is 2. The number of benzene rings is 2. The van der Waals surface area contributed by atoms with Gasteiger partial charge in [-0.1, -0.05) is 6.07 Å². The summed E-state index contributed by atoms with van der Waals surface area (Å²) >= 11 is 5.79. The molecule has 2 N–H and O–H groups in total. The minimum absolute atomic E-state index is 0.0533. The second-order valence-corrected chi connectivity index (χ2v) is 7.92. The van der Waals surface area contributed by atoms with Crippen molar-refractivity contribution in [3.8, 4) is 0 Å². The first-order valence-corrected chi connectivity index (χ1v) is 10.6. The van der Waals surface area contributed by atoms with E-state index in [4.69, 9.17) is 11.6 Å². The van der Waals surface area contributed by atoms with Crippen LogP contribution in [-0.4, -0.2) is 36.2 Å². The van der Waals surface area contributed by atoms with Crippen molar-refractivity contribution < 1.29 is 27.2 Å². The van der Waals surface area contributed by atoms with E-state index in [0.717, 1.165) is 12.1 Å². The molecule has 2 amide bonds. The molecule has 33 heavy (non-hydrogen) atoms. The Balaban J connectivity index is 1.69. The molecule has 176 valence electrons. The maximum atomic E-state index is 14.4. The third kappa shape index (κ3) is 6.04. The second-order valence-electron chi connectivity index (χ2n) is 7.65. The molecule has 0 saturated carbocycles. The molecule has 2 aromatic carbocycles. The number of aryl methyl sites for hydroxylation is 1. The Morgan fingerprint density at radius 3 is 2.64 bits per heavy atom. The van der Waals surface area contributed by atoms with Gasteiger partial charge < -0.3 is 15.5 Å². The largest absolute Gasteiger partial charge is 0.416 e. The third-order valence-corrected chi connectivity index (χ3v) is 5.69. The molecule has 0 unspecified atom stereocenters. The van der Waals surface area contributed by atoms with Gasteiger partial charge >= 0.3 is 6.18 Å². The van der Waals surface area contributed by atoms with E-state index < -0.39 is 17.6 Å². The van der Waals surface area contributed by atoms with Crippen molar-refractivity contribution in [2.45, 2.75) is 26.1 Å². The summed E-state index contributed by atoms with van der Waals surface area (Å²) in [6.45, 7) is 1.98. The van der Waals surface area contributed by atoms with Crippen LogP contribution in [0.4, 0.5) is 23.2 Å². The van der Waals surface area contributed by atoms with Crippen molar-refractivity contribution in [3.05, 3.63) is 69.7 Å². The molecule has 10 heteroatoms. The minimum atomic E-state index is -4.41. The molecule has 0 aromatic heterocycles. The predicted octanol–water partition coefficient (Wildman–Crippen LogP) is 4.48. The van der Waals surface area contributed by atoms with Crippen LogP contribution in [0.1, 0.15) is 27.8 Å². The maximum absolute atomic E-state index is 14.4. The standard InChI is InChI=1S/C23H22ClF4N3O2/c1-14-6-20(25)21(9-17(14)8-19(10-24)30-13-32)29-11-22(33)31-5-4-15-7-18(23(26,27)28)3-2-16(15)12-31/h2-3,6-9,13,29H,4-5,10-12H2,1H3,(H,30,32)/b19-8-. The molecule has 0 radical (unpaired) electrons. The van der Waals surface area contributed by atoms with Crippen LogP contribution < -0.4 is 10.6 Å². The Hall–Kier alpha value is -3.07. The van der Waals surface area contributed by atoms with E-state index in [9.17, 15) is 27.2 Å². The first kappa shape index (κ1) is 24.6. The number of nitrogens with one attached hydrogen (secondary N) is 2. The van der Waals surface area contributed by atoms with Crippen LogP contribution in [0, 0.1) is 12.7 Å². The van der Waals surface area contributed by atoms with Crippen molar-refractivity contribution in [3.63, 3.8) is 0 Å². The van der Waals surface area contributed by atoms with Gasteiger partial charge in [-0.15, -0.1) is 11.6 Å². The molecule has 1 aliphatic heterocycles. The highest BCUT2D eigenvalue weighted by Crippen LogP contribution is 2.32. The van der Waals surface area contributed by atoms with Gasteiger partial charge in [0.2, 0.25) is 12.3 Å². The van der Waals surface area contributed by atoms with E-state index in [2.05, 4.69) is 10.6 Å². The lowest BCUT2D eigenvalue weighted by molar-refractivity contribution is -0.138. The van der Waals surface area contributed by atoms with Crippen molar-refractivity contribution in [1.29, 1.82) is 0 Å². The molecule has 0 spiro atoms. The summed E-state index contributed by atoms with van der Waals surface area (Å²) in [5, 5.41) is 5.25. The van der Waals surface area contributed by atoms with Crippen LogP contribution in [-0.2, 0) is 28.7 Å². The van der Waals surface area contributed by atoms with Gasteiger partial charge in [0, 0.05) is 18.8 Å². The average molecular weight is 484 g/mol. The van der Waals surface area contributed by atoms with Crippen molar-refractivity contribution >= 4 is 35.7 Å². The molecule has 2 aromatic rings. The number of halogens is 5. The second kappa shape index (κ2) is 10.2. The van der Waals surface area contributed by atoms with E-state index in [-0.39, 0.29) is 37.1 Å². The highest BCUT2D eigenvalue weighted by molar-refractivity contribution is 6.19. The lowest BCUT2D eigenvalue weighted by Gasteiger charge is -2.29. The van der Waals surface area contributed by atoms with E-state index in [1.807, 2.05) is 0 Å². The van der Waals surface area contributed by atoms with Gasteiger partial charge in [0.25, 0.3) is 0 Å². The zero-order chi connectivity index (χ0) is 24.2. The SMILES string of the molecule is Cc1cc(F)c(NCC(=O)N2CCc3cc(C(F)(F)F)ccc3C2)cc1/C=C(/CCl)NC=O. The third-order valence-electron chi connectivity index (χ3n) is 5.40. The fourth-order valence-electron chi connectivity index (χ4n) is 3.59. The topological polar surface area (TPSA) is 61.4 Å². The maximum Gasteiger partial charge on any atom is 0.416 e. The molecule has 3 rings (SSSR count). The number of hydrogen-bond acceptors (Lipinski definition) is 3. The van der Waals surface area contributed by atoms with Crippen LogP contribution in [0.2, 0.25) is 0 Å². The molecule has 0 aliphatic carbocycles. The molecule has 0 bridgehead atoms. The highest BCUT2D eigenvalue weighted by Gasteiger charge is 2.32. The van der Waals surface area contributed by atoms with Crippen molar-refractivity contribution in [2.75, 3.05) is 24.3 Å². The molecule has 0 saturated heterocycles. The molecular formula is C23H22ClF4N3O2. The van der Waals surface area contributed by atoms with Crippen molar-refractivity contribution in [1.82, 2.24) is 10.2 Å². The molecule has 0 atom stereocenters. The number of fused-ring (bicyclic) bond motifs is 1. The van der Waals surface area contributed by atoms with Crippen LogP contribution >= 0.6 is 11.6 Å². The van der Waals surface area contributed by atoms with E-state index in [1.54, 1.807) is 13.0 Å². The molecule has 5 nitrogen and oxygen atoms in total. The average Bonchev–Trinajstić information content (AvgIpc) is 2.77. The monoisotopic (exact) mass is 483 g/mol. The number of carbonyl (C=O) groups is 2. The van der Waals surface area contributed by atoms with Gasteiger partial charge in [0.05, 0.1) is 23.7 Å². The Morgan fingerprint density at radius 2 is 1.97 bits per heavy atom. The summed E-state index contributed by atoms with van der Waals surface area (Å²) in [5.41, 5.74) is 2.29. The zero-order valence-electron chi connectivity index (χ0n) is 17.7. The predicted molar refractivity (Wildman–Crippen MR) is 118 cm³/mol. The minimum Gasteiger partial charge on any atom is -0.374 e. The Kier molecular flexibility index (Phi) is 7.63. The zero-order valence-corrected chi connectivity index (χ0v) is 18.5. The summed E-state index contributed by atoms with van der Waals surface area (Å²) in [5.74, 6) is -0.795. The number of alkyl halides is 4. The van der Waals surface area contributed by atoms with Crippen LogP contribution in [0.25, 0.3) is 6.08 Å². The normalized spacial score (nSPS) is 14.0. The Morgan fingerprint density at radius 1 is 1.21 bits per heavy atom. The molecule has 1 aliphatic rings. The van der Waals surface area contributed by atoms with Gasteiger partial charge in [0.1, 0.15) is 5.82 Å². The van der Waals surface area contributed by atoms with Gasteiger partial charge in [0.15, 0.2) is 0 Å². The van der Waals surface area contributed by atoms with Crippen LogP contribution in [0.3, 0.4) is 0 Å². The highest BCUT2D eigenvalue weighted by atomic mass is 35.5. The molecular weight excluding hydrogens is 462 g/mol. The van der Waals surface area contributed by atoms with Crippen LogP contribution in [0.5, 0.6) is 0 Å². The Bertz CT molecular complexity index is 1090. The number of amides is 2. The smallest absolute Gasteiger partial charge is 0.374 e. The summed E-state index contributed by atoms with van der Waals surface area (Å²) in [4.78, 5) is 24.8. The number of anilines is 1. The van der Waals surface area contributed by atoms with Gasteiger partial charge in [-0.25, -0.2) is 4.39 Å². The quantitative estimate of drug-likeness (QED) is 0.347. The fourth-order valence-corrected chi connectivity index (χ4v) is 3.74. The molecule has 1 heterocycles. The lowest BCUT2D eigenvalue weighted by atomic mass is 9.97. The van der Waals surface area contributed by atoms with E-state index in [0.29, 0.717) is 40.8 Å². The number of carbonyl (C=O) groups excluding carboxylic acids is 2. The van der Waals surface area contributed by atoms with Gasteiger partial charge in [-0.3, -0.25) is 9.59 Å². The van der Waals surface area contributed by atoms with E-state index in [1.165, 1.54) is 23.1 Å². The first-order valence-electron chi connectivity index (χ1n) is 10.1. The number of allylic oxidation sites excluding steroid dienone is 1. The summed E-state index contributed by atoms with van der Waals surface area (Å²) in [7, 11) is 0. The molecule has 0 fully saturated rings. The number of nitrogens with zero attached hydrogens (tertiary/aromatic N) is 1. The summed E-state index contributed by atoms with van der Waals surface area (Å²) < 4.78 is 53.1. The summed E-state index contributed by atoms with van der Waals surface area (Å²) in [6, 6.07) is 6.35. The lowest BCUT2D eigenvalue weighted by Crippen LogP contribution is -2.39. The first-order chi connectivity index (χ1) is 15.6.